The van der Waals surface area contributed by atoms with Crippen molar-refractivity contribution in [3.63, 3.8) is 0 Å². The maximum atomic E-state index is 9.64. The van der Waals surface area contributed by atoms with Gasteiger partial charge in [0.15, 0.2) is 0 Å². The van der Waals surface area contributed by atoms with Crippen LogP contribution in [0.15, 0.2) is 41.1 Å². The smallest absolute Gasteiger partial charge is 0.140 e. The molecule has 0 amide bonds. The molecule has 5 aromatic rings. The Morgan fingerprint density at radius 3 is 2.64 bits per heavy atom. The number of aromatic nitrogens is 2. The summed E-state index contributed by atoms with van der Waals surface area (Å²) in [5.41, 5.74) is 7.21. The average molecular weight is 491 g/mol. The third kappa shape index (κ3) is 3.50. The fraction of sp³-hybridized carbons (Fsp3) is 0.259. The van der Waals surface area contributed by atoms with Crippen molar-refractivity contribution in [2.75, 3.05) is 0 Å². The van der Waals surface area contributed by atoms with Crippen LogP contribution in [0.3, 0.4) is 0 Å². The van der Waals surface area contributed by atoms with Crippen molar-refractivity contribution in [3.8, 4) is 10.6 Å². The lowest BCUT2D eigenvalue weighted by Crippen LogP contribution is -2.12. The summed E-state index contributed by atoms with van der Waals surface area (Å²) < 4.78 is 0. The van der Waals surface area contributed by atoms with E-state index in [1.54, 1.807) is 22.7 Å². The van der Waals surface area contributed by atoms with Gasteiger partial charge in [-0.15, -0.1) is 22.7 Å². The second-order valence-corrected chi connectivity index (χ2v) is 11.1. The van der Waals surface area contributed by atoms with Crippen molar-refractivity contribution in [1.82, 2.24) is 9.97 Å². The van der Waals surface area contributed by atoms with Gasteiger partial charge in [-0.25, -0.2) is 9.97 Å². The third-order valence-electron chi connectivity index (χ3n) is 6.73. The van der Waals surface area contributed by atoms with E-state index in [2.05, 4.69) is 49.2 Å². The number of hydrogen-bond donors (Lipinski definition) is 1. The summed E-state index contributed by atoms with van der Waals surface area (Å²) in [6.45, 7) is 4.31. The van der Waals surface area contributed by atoms with Gasteiger partial charge in [0, 0.05) is 27.6 Å². The molecule has 166 valence electrons. The number of rotatable bonds is 3. The normalized spacial score (nSPS) is 15.9. The number of aliphatic hydroxyl groups excluding tert-OH is 1. The molecular formula is C27H23ClN2OS2. The van der Waals surface area contributed by atoms with E-state index < -0.39 is 0 Å². The molecule has 0 radical (unpaired) electrons. The second kappa shape index (κ2) is 8.17. The van der Waals surface area contributed by atoms with Crippen LogP contribution in [0.1, 0.15) is 51.7 Å². The van der Waals surface area contributed by atoms with E-state index in [0.717, 1.165) is 35.0 Å². The molecule has 1 atom stereocenters. The van der Waals surface area contributed by atoms with Crippen molar-refractivity contribution in [3.05, 3.63) is 79.2 Å². The first-order valence-electron chi connectivity index (χ1n) is 11.2. The molecule has 6 rings (SSSR count). The first kappa shape index (κ1) is 21.2. The first-order chi connectivity index (χ1) is 16.0. The molecule has 0 spiro atoms. The van der Waals surface area contributed by atoms with Gasteiger partial charge >= 0.3 is 0 Å². The molecule has 0 saturated carbocycles. The minimum Gasteiger partial charge on any atom is -0.390 e. The minimum atomic E-state index is -0.0365. The van der Waals surface area contributed by atoms with Crippen molar-refractivity contribution < 1.29 is 5.11 Å². The lowest BCUT2D eigenvalue weighted by atomic mass is 9.78. The Hall–Kier alpha value is -2.31. The van der Waals surface area contributed by atoms with Gasteiger partial charge in [-0.05, 0) is 72.0 Å². The van der Waals surface area contributed by atoms with Crippen LogP contribution in [0.4, 0.5) is 0 Å². The van der Waals surface area contributed by atoms with Crippen LogP contribution in [0, 0.1) is 13.8 Å². The Labute approximate surface area is 205 Å². The van der Waals surface area contributed by atoms with Crippen LogP contribution in [0.5, 0.6) is 0 Å². The topological polar surface area (TPSA) is 46.0 Å². The van der Waals surface area contributed by atoms with E-state index in [4.69, 9.17) is 16.6 Å². The average Bonchev–Trinajstić information content (AvgIpc) is 3.46. The van der Waals surface area contributed by atoms with Crippen LogP contribution in [-0.2, 0) is 13.0 Å². The summed E-state index contributed by atoms with van der Waals surface area (Å²) in [5, 5.41) is 21.3. The second-order valence-electron chi connectivity index (χ2n) is 8.92. The number of nitrogens with zero attached hydrogens (tertiary/aromatic N) is 2. The number of hydrogen-bond acceptors (Lipinski definition) is 5. The van der Waals surface area contributed by atoms with Gasteiger partial charge in [0.2, 0.25) is 0 Å². The fourth-order valence-electron chi connectivity index (χ4n) is 5.42. The van der Waals surface area contributed by atoms with Crippen LogP contribution in [0.2, 0.25) is 5.15 Å². The number of thiazole rings is 2. The number of fused-ring (bicyclic) bond motifs is 5. The summed E-state index contributed by atoms with van der Waals surface area (Å²) in [6.07, 6.45) is 3.27. The number of aliphatic hydroxyl groups is 1. The highest BCUT2D eigenvalue weighted by Gasteiger charge is 2.29. The quantitative estimate of drug-likeness (QED) is 0.262. The van der Waals surface area contributed by atoms with Crippen LogP contribution < -0.4 is 0 Å². The van der Waals surface area contributed by atoms with Crippen LogP contribution >= 0.6 is 34.3 Å². The molecule has 0 saturated heterocycles. The number of halogens is 1. The Morgan fingerprint density at radius 2 is 1.88 bits per heavy atom. The summed E-state index contributed by atoms with van der Waals surface area (Å²) >= 11 is 9.51. The van der Waals surface area contributed by atoms with Crippen molar-refractivity contribution in [1.29, 1.82) is 0 Å². The molecule has 3 aromatic carbocycles. The van der Waals surface area contributed by atoms with Crippen LogP contribution in [-0.4, -0.2) is 15.1 Å². The van der Waals surface area contributed by atoms with Gasteiger partial charge in [0.05, 0.1) is 12.3 Å². The maximum Gasteiger partial charge on any atom is 0.140 e. The predicted octanol–water partition coefficient (Wildman–Crippen LogP) is 7.80. The Morgan fingerprint density at radius 1 is 1.03 bits per heavy atom. The van der Waals surface area contributed by atoms with E-state index >= 15 is 0 Å². The van der Waals surface area contributed by atoms with E-state index in [1.165, 1.54) is 49.4 Å². The molecule has 1 unspecified atom stereocenters. The van der Waals surface area contributed by atoms with Crippen LogP contribution in [0.25, 0.3) is 32.1 Å². The molecule has 33 heavy (non-hydrogen) atoms. The van der Waals surface area contributed by atoms with Gasteiger partial charge < -0.3 is 5.11 Å². The zero-order valence-corrected chi connectivity index (χ0v) is 20.9. The molecule has 0 fully saturated rings. The number of aryl methyl sites for hydroxylation is 3. The van der Waals surface area contributed by atoms with E-state index in [9.17, 15) is 5.11 Å². The number of benzene rings is 3. The van der Waals surface area contributed by atoms with Crippen molar-refractivity contribution in [2.45, 2.75) is 45.6 Å². The van der Waals surface area contributed by atoms with Gasteiger partial charge in [0.1, 0.15) is 15.2 Å². The molecule has 2 aromatic heterocycles. The molecule has 1 N–H and O–H groups in total. The molecular weight excluding hydrogens is 468 g/mol. The van der Waals surface area contributed by atoms with E-state index in [1.807, 2.05) is 10.8 Å². The van der Waals surface area contributed by atoms with Gasteiger partial charge in [-0.2, -0.15) is 0 Å². The first-order valence-corrected chi connectivity index (χ1v) is 13.3. The van der Waals surface area contributed by atoms with Gasteiger partial charge in [0.25, 0.3) is 0 Å². The minimum absolute atomic E-state index is 0.0365. The highest BCUT2D eigenvalue weighted by molar-refractivity contribution is 7.13. The zero-order chi connectivity index (χ0) is 22.7. The molecule has 2 heterocycles. The Kier molecular flexibility index (Phi) is 5.26. The maximum absolute atomic E-state index is 9.64. The summed E-state index contributed by atoms with van der Waals surface area (Å²) in [6, 6.07) is 11.5. The van der Waals surface area contributed by atoms with Crippen molar-refractivity contribution >= 4 is 55.8 Å². The Balaban J connectivity index is 1.74. The van der Waals surface area contributed by atoms with E-state index in [0.29, 0.717) is 5.15 Å². The fourth-order valence-corrected chi connectivity index (χ4v) is 7.35. The lowest BCUT2D eigenvalue weighted by Gasteiger charge is -2.27. The molecule has 3 nitrogen and oxygen atoms in total. The molecule has 1 aliphatic carbocycles. The molecule has 6 heteroatoms. The standard InChI is InChI=1S/C27H23ClN2OS2/c1-14-8-15(2)18-6-7-19-24-16(4-3-5-20(24)26-30-23(28)13-33-26)10-22(25(19)21(18)9-14)27-29-17(11-31)12-32-27/h6-10,12-13,20,31H,3-5,11H2,1-2H3. The monoisotopic (exact) mass is 490 g/mol. The molecule has 0 aliphatic heterocycles. The molecule has 1 aliphatic rings. The van der Waals surface area contributed by atoms with E-state index in [-0.39, 0.29) is 12.5 Å². The SMILES string of the molecule is Cc1cc(C)c2ccc3c4c(cc(-c5nc(CO)cs5)c3c2c1)CCCC4c1nc(Cl)cs1. The summed E-state index contributed by atoms with van der Waals surface area (Å²) in [4.78, 5) is 9.44. The van der Waals surface area contributed by atoms with Gasteiger partial charge in [-0.1, -0.05) is 41.4 Å². The molecule has 0 bridgehead atoms. The zero-order valence-electron chi connectivity index (χ0n) is 18.5. The highest BCUT2D eigenvalue weighted by atomic mass is 35.5. The lowest BCUT2D eigenvalue weighted by molar-refractivity contribution is 0.278. The van der Waals surface area contributed by atoms with Gasteiger partial charge in [-0.3, -0.25) is 0 Å². The Bertz CT molecular complexity index is 1530. The largest absolute Gasteiger partial charge is 0.390 e. The summed E-state index contributed by atoms with van der Waals surface area (Å²) in [7, 11) is 0. The highest BCUT2D eigenvalue weighted by Crippen LogP contribution is 2.47. The summed E-state index contributed by atoms with van der Waals surface area (Å²) in [5.74, 6) is 0.260. The predicted molar refractivity (Wildman–Crippen MR) is 140 cm³/mol. The third-order valence-corrected chi connectivity index (χ3v) is 8.94. The van der Waals surface area contributed by atoms with Crippen molar-refractivity contribution in [2.24, 2.45) is 0 Å².